The van der Waals surface area contributed by atoms with Gasteiger partial charge in [0.2, 0.25) is 0 Å². The van der Waals surface area contributed by atoms with Crippen molar-refractivity contribution in [3.63, 3.8) is 0 Å². The third-order valence-electron chi connectivity index (χ3n) is 3.66. The number of hydrogen-bond donors (Lipinski definition) is 2. The second kappa shape index (κ2) is 7.91. The van der Waals surface area contributed by atoms with Crippen LogP contribution >= 0.6 is 34.5 Å². The third-order valence-corrected chi connectivity index (χ3v) is 5.27. The minimum atomic E-state index is -0.293. The predicted molar refractivity (Wildman–Crippen MR) is 108 cm³/mol. The normalized spacial score (nSPS) is 10.4. The Balaban J connectivity index is 1.71. The van der Waals surface area contributed by atoms with Crippen LogP contribution in [0.3, 0.4) is 0 Å². The molecule has 7 heteroatoms. The summed E-state index contributed by atoms with van der Waals surface area (Å²) in [5, 5.41) is 8.23. The standard InChI is InChI=1S/C19H14Cl2N2O2S/c1-11-9-13(22-18(24)12-4-6-14(20)15(21)10-12)5-7-16(11)23-19(25)17-3-2-8-26-17/h2-10H,1H3,(H,22,24)(H,23,25). The summed E-state index contributed by atoms with van der Waals surface area (Å²) >= 11 is 13.2. The van der Waals surface area contributed by atoms with Gasteiger partial charge < -0.3 is 10.6 Å². The van der Waals surface area contributed by atoms with Gasteiger partial charge in [0.15, 0.2) is 0 Å². The van der Waals surface area contributed by atoms with Crippen molar-refractivity contribution >= 4 is 57.7 Å². The van der Waals surface area contributed by atoms with Crippen LogP contribution in [0, 0.1) is 6.92 Å². The van der Waals surface area contributed by atoms with E-state index in [0.29, 0.717) is 31.9 Å². The van der Waals surface area contributed by atoms with Gasteiger partial charge in [-0.3, -0.25) is 9.59 Å². The van der Waals surface area contributed by atoms with Gasteiger partial charge in [0.25, 0.3) is 11.8 Å². The lowest BCUT2D eigenvalue weighted by Gasteiger charge is -2.11. The van der Waals surface area contributed by atoms with Crippen LogP contribution in [0.2, 0.25) is 10.0 Å². The Kier molecular flexibility index (Phi) is 5.61. The number of rotatable bonds is 4. The maximum Gasteiger partial charge on any atom is 0.265 e. The zero-order valence-electron chi connectivity index (χ0n) is 13.7. The highest BCUT2D eigenvalue weighted by atomic mass is 35.5. The first-order valence-electron chi connectivity index (χ1n) is 7.66. The largest absolute Gasteiger partial charge is 0.322 e. The van der Waals surface area contributed by atoms with Gasteiger partial charge in [-0.25, -0.2) is 0 Å². The Morgan fingerprint density at radius 2 is 1.73 bits per heavy atom. The van der Waals surface area contributed by atoms with Gasteiger partial charge in [0.1, 0.15) is 0 Å². The molecular weight excluding hydrogens is 391 g/mol. The van der Waals surface area contributed by atoms with E-state index >= 15 is 0 Å². The molecule has 1 aromatic heterocycles. The molecule has 0 aliphatic carbocycles. The van der Waals surface area contributed by atoms with Gasteiger partial charge in [-0.1, -0.05) is 29.3 Å². The summed E-state index contributed by atoms with van der Waals surface area (Å²) in [5.41, 5.74) is 2.55. The number of benzene rings is 2. The average molecular weight is 405 g/mol. The molecule has 0 atom stereocenters. The van der Waals surface area contributed by atoms with Crippen molar-refractivity contribution in [1.82, 2.24) is 0 Å². The molecule has 1 heterocycles. The second-order valence-electron chi connectivity index (χ2n) is 5.54. The second-order valence-corrected chi connectivity index (χ2v) is 7.31. The van der Waals surface area contributed by atoms with E-state index in [1.165, 1.54) is 17.4 Å². The van der Waals surface area contributed by atoms with Crippen LogP contribution in [-0.4, -0.2) is 11.8 Å². The molecule has 0 aliphatic rings. The molecule has 0 radical (unpaired) electrons. The van der Waals surface area contributed by atoms with E-state index in [4.69, 9.17) is 23.2 Å². The van der Waals surface area contributed by atoms with Crippen LogP contribution in [0.1, 0.15) is 25.6 Å². The van der Waals surface area contributed by atoms with E-state index in [9.17, 15) is 9.59 Å². The Hall–Kier alpha value is -2.34. The first-order chi connectivity index (χ1) is 12.4. The number of amides is 2. The zero-order chi connectivity index (χ0) is 18.7. The Morgan fingerprint density at radius 3 is 2.38 bits per heavy atom. The summed E-state index contributed by atoms with van der Waals surface area (Å²) in [6.45, 7) is 1.86. The monoisotopic (exact) mass is 404 g/mol. The Labute approximate surface area is 164 Å². The zero-order valence-corrected chi connectivity index (χ0v) is 16.0. The number of hydrogen-bond acceptors (Lipinski definition) is 3. The number of halogens is 2. The molecule has 0 bridgehead atoms. The highest BCUT2D eigenvalue weighted by molar-refractivity contribution is 7.12. The smallest absolute Gasteiger partial charge is 0.265 e. The molecule has 3 aromatic rings. The molecule has 0 saturated carbocycles. The minimum Gasteiger partial charge on any atom is -0.322 e. The van der Waals surface area contributed by atoms with Crippen molar-refractivity contribution in [2.45, 2.75) is 6.92 Å². The number of thiophene rings is 1. The minimum absolute atomic E-state index is 0.157. The molecule has 132 valence electrons. The fourth-order valence-corrected chi connectivity index (χ4v) is 3.23. The number of carbonyl (C=O) groups excluding carboxylic acids is 2. The Morgan fingerprint density at radius 1 is 0.923 bits per heavy atom. The number of aryl methyl sites for hydroxylation is 1. The molecule has 4 nitrogen and oxygen atoms in total. The summed E-state index contributed by atoms with van der Waals surface area (Å²) < 4.78 is 0. The maximum atomic E-state index is 12.3. The molecule has 0 aliphatic heterocycles. The number of anilines is 2. The SMILES string of the molecule is Cc1cc(NC(=O)c2ccc(Cl)c(Cl)c2)ccc1NC(=O)c1cccs1. The number of nitrogens with one attached hydrogen (secondary N) is 2. The van der Waals surface area contributed by atoms with Crippen LogP contribution < -0.4 is 10.6 Å². The van der Waals surface area contributed by atoms with Gasteiger partial charge in [-0.15, -0.1) is 11.3 Å². The molecule has 3 rings (SSSR count). The van der Waals surface area contributed by atoms with Crippen LogP contribution in [0.15, 0.2) is 53.9 Å². The molecule has 26 heavy (non-hydrogen) atoms. The van der Waals surface area contributed by atoms with Gasteiger partial charge >= 0.3 is 0 Å². The van der Waals surface area contributed by atoms with Gasteiger partial charge in [0.05, 0.1) is 14.9 Å². The van der Waals surface area contributed by atoms with Crippen LogP contribution in [0.25, 0.3) is 0 Å². The predicted octanol–water partition coefficient (Wildman–Crippen LogP) is 5.87. The van der Waals surface area contributed by atoms with E-state index in [-0.39, 0.29) is 11.8 Å². The van der Waals surface area contributed by atoms with E-state index < -0.39 is 0 Å². The summed E-state index contributed by atoms with van der Waals surface area (Å²) in [7, 11) is 0. The summed E-state index contributed by atoms with van der Waals surface area (Å²) in [4.78, 5) is 25.1. The van der Waals surface area contributed by atoms with Crippen molar-refractivity contribution in [2.75, 3.05) is 10.6 Å². The molecule has 0 fully saturated rings. The third kappa shape index (κ3) is 4.25. The molecular formula is C19H14Cl2N2O2S. The maximum absolute atomic E-state index is 12.3. The first kappa shape index (κ1) is 18.5. The quantitative estimate of drug-likeness (QED) is 0.571. The lowest BCUT2D eigenvalue weighted by Crippen LogP contribution is -2.13. The fraction of sp³-hybridized carbons (Fsp3) is 0.0526. The van der Waals surface area contributed by atoms with Crippen molar-refractivity contribution in [1.29, 1.82) is 0 Å². The molecule has 2 N–H and O–H groups in total. The Bertz CT molecular complexity index is 972. The van der Waals surface area contributed by atoms with Crippen LogP contribution in [0.5, 0.6) is 0 Å². The van der Waals surface area contributed by atoms with E-state index in [0.717, 1.165) is 5.56 Å². The van der Waals surface area contributed by atoms with Crippen molar-refractivity contribution in [3.05, 3.63) is 80.0 Å². The lowest BCUT2D eigenvalue weighted by atomic mass is 10.1. The highest BCUT2D eigenvalue weighted by Crippen LogP contribution is 2.24. The molecule has 2 amide bonds. The molecule has 2 aromatic carbocycles. The summed E-state index contributed by atoms with van der Waals surface area (Å²) in [6, 6.07) is 13.6. The van der Waals surface area contributed by atoms with E-state index in [1.54, 1.807) is 36.4 Å². The fourth-order valence-electron chi connectivity index (χ4n) is 2.31. The van der Waals surface area contributed by atoms with Crippen molar-refractivity contribution < 1.29 is 9.59 Å². The topological polar surface area (TPSA) is 58.2 Å². The molecule has 0 unspecified atom stereocenters. The first-order valence-corrected chi connectivity index (χ1v) is 9.29. The van der Waals surface area contributed by atoms with Crippen LogP contribution in [-0.2, 0) is 0 Å². The highest BCUT2D eigenvalue weighted by Gasteiger charge is 2.11. The van der Waals surface area contributed by atoms with Gasteiger partial charge in [-0.2, -0.15) is 0 Å². The van der Waals surface area contributed by atoms with E-state index in [1.807, 2.05) is 18.4 Å². The summed E-state index contributed by atoms with van der Waals surface area (Å²) in [6.07, 6.45) is 0. The van der Waals surface area contributed by atoms with Crippen LogP contribution in [0.4, 0.5) is 11.4 Å². The van der Waals surface area contributed by atoms with Gasteiger partial charge in [-0.05, 0) is 60.3 Å². The number of carbonyl (C=O) groups is 2. The van der Waals surface area contributed by atoms with Crippen molar-refractivity contribution in [2.24, 2.45) is 0 Å². The average Bonchev–Trinajstić information content (AvgIpc) is 3.14. The van der Waals surface area contributed by atoms with Gasteiger partial charge in [0, 0.05) is 16.9 Å². The summed E-state index contributed by atoms with van der Waals surface area (Å²) in [5.74, 6) is -0.450. The lowest BCUT2D eigenvalue weighted by molar-refractivity contribution is 0.102. The van der Waals surface area contributed by atoms with E-state index in [2.05, 4.69) is 10.6 Å². The molecule has 0 spiro atoms. The van der Waals surface area contributed by atoms with Crippen molar-refractivity contribution in [3.8, 4) is 0 Å². The molecule has 0 saturated heterocycles.